The van der Waals surface area contributed by atoms with E-state index in [0.29, 0.717) is 0 Å². The van der Waals surface area contributed by atoms with Crippen LogP contribution in [0.4, 0.5) is 19.1 Å². The van der Waals surface area contributed by atoms with Gasteiger partial charge in [-0.1, -0.05) is 15.9 Å². The summed E-state index contributed by atoms with van der Waals surface area (Å²) in [6.45, 7) is -0.121. The maximum absolute atomic E-state index is 12.5. The third-order valence-corrected chi connectivity index (χ3v) is 4.19. The zero-order valence-corrected chi connectivity index (χ0v) is 17.7. The van der Waals surface area contributed by atoms with Crippen molar-refractivity contribution in [2.24, 2.45) is 0 Å². The minimum atomic E-state index is -4.88. The van der Waals surface area contributed by atoms with Crippen LogP contribution in [0.2, 0.25) is 0 Å². The largest absolute Gasteiger partial charge is 0.573 e. The van der Waals surface area contributed by atoms with Crippen LogP contribution >= 0.6 is 15.9 Å². The van der Waals surface area contributed by atoms with Gasteiger partial charge in [0.15, 0.2) is 5.82 Å². The highest BCUT2D eigenvalue weighted by molar-refractivity contribution is 9.10. The monoisotopic (exact) mass is 501 g/mol. The highest BCUT2D eigenvalue weighted by Crippen LogP contribution is 2.27. The van der Waals surface area contributed by atoms with Gasteiger partial charge in [-0.15, -0.1) is 18.3 Å². The summed E-state index contributed by atoms with van der Waals surface area (Å²) in [5.74, 6) is -0.531. The van der Waals surface area contributed by atoms with E-state index in [1.54, 1.807) is 13.1 Å². The Morgan fingerprint density at radius 2 is 1.97 bits per heavy atom. The lowest BCUT2D eigenvalue weighted by molar-refractivity contribution is -0.274. The molecule has 3 rings (SSSR count). The van der Waals surface area contributed by atoms with Crippen LogP contribution in [-0.4, -0.2) is 51.2 Å². The molecule has 0 fully saturated rings. The van der Waals surface area contributed by atoms with E-state index in [1.165, 1.54) is 35.3 Å². The van der Waals surface area contributed by atoms with E-state index in [9.17, 15) is 18.0 Å². The van der Waals surface area contributed by atoms with Crippen molar-refractivity contribution >= 4 is 27.8 Å². The van der Waals surface area contributed by atoms with Crippen molar-refractivity contribution in [1.82, 2.24) is 30.0 Å². The van der Waals surface area contributed by atoms with Crippen molar-refractivity contribution in [1.29, 1.82) is 0 Å². The molecule has 2 aromatic heterocycles. The average Bonchev–Trinajstić information content (AvgIpc) is 3.14. The molecule has 0 aliphatic heterocycles. The van der Waals surface area contributed by atoms with E-state index in [-0.39, 0.29) is 34.3 Å². The van der Waals surface area contributed by atoms with Crippen LogP contribution in [-0.2, 0) is 11.4 Å². The number of halogens is 4. The van der Waals surface area contributed by atoms with Crippen LogP contribution in [0.15, 0.2) is 41.1 Å². The highest BCUT2D eigenvalue weighted by Gasteiger charge is 2.31. The molecule has 0 bridgehead atoms. The van der Waals surface area contributed by atoms with E-state index in [4.69, 9.17) is 4.84 Å². The summed E-state index contributed by atoms with van der Waals surface area (Å²) in [6, 6.07) is 5.05. The molecule has 0 spiro atoms. The number of ether oxygens (including phenoxy) is 1. The standard InChI is InChI=1S/C17H15BrF3N7O3/c1-27(30-2)16-25-13(28(26-16)15-22-4-3-5-23-15)9-24-14(29)10-6-11(18)8-12(7-10)31-17(19,20)21/h3-8H,9H2,1-2H3,(H,24,29). The normalized spacial score (nSPS) is 11.3. The van der Waals surface area contributed by atoms with Crippen LogP contribution in [0.5, 0.6) is 5.75 Å². The molecule has 1 N–H and O–H groups in total. The third kappa shape index (κ3) is 5.88. The summed E-state index contributed by atoms with van der Waals surface area (Å²) in [7, 11) is 3.01. The van der Waals surface area contributed by atoms with Crippen LogP contribution in [0.1, 0.15) is 16.2 Å². The van der Waals surface area contributed by atoms with Crippen molar-refractivity contribution in [3.05, 3.63) is 52.5 Å². The van der Waals surface area contributed by atoms with Gasteiger partial charge in [0.1, 0.15) is 5.75 Å². The minimum absolute atomic E-state index is 0.0510. The molecule has 0 unspecified atom stereocenters. The van der Waals surface area contributed by atoms with E-state index in [2.05, 4.69) is 46.0 Å². The molecule has 2 heterocycles. The molecule has 0 atom stereocenters. The third-order valence-electron chi connectivity index (χ3n) is 3.73. The van der Waals surface area contributed by atoms with Crippen LogP contribution in [0.3, 0.4) is 0 Å². The van der Waals surface area contributed by atoms with Gasteiger partial charge in [0.05, 0.1) is 13.7 Å². The predicted octanol–water partition coefficient (Wildman–Crippen LogP) is 2.65. The first-order chi connectivity index (χ1) is 14.7. The zero-order valence-electron chi connectivity index (χ0n) is 16.1. The molecule has 3 aromatic rings. The minimum Gasteiger partial charge on any atom is -0.406 e. The fourth-order valence-corrected chi connectivity index (χ4v) is 2.84. The van der Waals surface area contributed by atoms with Gasteiger partial charge < -0.3 is 10.1 Å². The van der Waals surface area contributed by atoms with Crippen molar-refractivity contribution in [2.45, 2.75) is 12.9 Å². The quantitative estimate of drug-likeness (QED) is 0.492. The van der Waals surface area contributed by atoms with Crippen molar-refractivity contribution in [3.63, 3.8) is 0 Å². The summed E-state index contributed by atoms with van der Waals surface area (Å²) in [5, 5.41) is 8.12. The number of amides is 1. The first kappa shape index (κ1) is 22.4. The fraction of sp³-hybridized carbons (Fsp3) is 0.235. The lowest BCUT2D eigenvalue weighted by atomic mass is 10.2. The van der Waals surface area contributed by atoms with Gasteiger partial charge in [-0.2, -0.15) is 9.67 Å². The summed E-state index contributed by atoms with van der Waals surface area (Å²) in [6.07, 6.45) is -1.87. The molecular formula is C17H15BrF3N7O3. The number of hydrogen-bond acceptors (Lipinski definition) is 8. The first-order valence-corrected chi connectivity index (χ1v) is 9.31. The molecule has 0 saturated heterocycles. The van der Waals surface area contributed by atoms with Gasteiger partial charge in [0, 0.05) is 29.5 Å². The first-order valence-electron chi connectivity index (χ1n) is 8.52. The summed E-state index contributed by atoms with van der Waals surface area (Å²) in [5.41, 5.74) is -0.0510. The lowest BCUT2D eigenvalue weighted by Gasteiger charge is -2.11. The van der Waals surface area contributed by atoms with Gasteiger partial charge >= 0.3 is 6.36 Å². The smallest absolute Gasteiger partial charge is 0.406 e. The van der Waals surface area contributed by atoms with Gasteiger partial charge in [-0.25, -0.2) is 15.0 Å². The maximum atomic E-state index is 12.5. The second-order valence-corrected chi connectivity index (χ2v) is 6.79. The zero-order chi connectivity index (χ0) is 22.6. The summed E-state index contributed by atoms with van der Waals surface area (Å²) in [4.78, 5) is 30.1. The number of carbonyl (C=O) groups is 1. The Morgan fingerprint density at radius 3 is 2.61 bits per heavy atom. The number of nitrogens with one attached hydrogen (secondary N) is 1. The number of rotatable bonds is 7. The Kier molecular flexibility index (Phi) is 6.70. The summed E-state index contributed by atoms with van der Waals surface area (Å²) >= 11 is 3.06. The van der Waals surface area contributed by atoms with Gasteiger partial charge in [0.2, 0.25) is 0 Å². The number of aromatic nitrogens is 5. The van der Waals surface area contributed by atoms with E-state index in [1.807, 2.05) is 0 Å². The Bertz CT molecular complexity index is 1060. The van der Waals surface area contributed by atoms with Crippen LogP contribution in [0, 0.1) is 0 Å². The average molecular weight is 502 g/mol. The predicted molar refractivity (Wildman–Crippen MR) is 104 cm³/mol. The Morgan fingerprint density at radius 1 is 1.26 bits per heavy atom. The van der Waals surface area contributed by atoms with Gasteiger partial charge in [0.25, 0.3) is 17.8 Å². The number of hydroxylamine groups is 1. The molecule has 1 aromatic carbocycles. The molecule has 164 valence electrons. The molecule has 0 aliphatic rings. The molecule has 31 heavy (non-hydrogen) atoms. The SMILES string of the molecule is CON(C)c1nc(CNC(=O)c2cc(Br)cc(OC(F)(F)F)c2)n(-c2ncccn2)n1. The highest BCUT2D eigenvalue weighted by atomic mass is 79.9. The van der Waals surface area contributed by atoms with E-state index in [0.717, 1.165) is 12.1 Å². The van der Waals surface area contributed by atoms with E-state index < -0.39 is 18.0 Å². The molecule has 10 nitrogen and oxygen atoms in total. The number of benzene rings is 1. The Hall–Kier alpha value is -3.26. The van der Waals surface area contributed by atoms with Crippen molar-refractivity contribution in [3.8, 4) is 11.7 Å². The maximum Gasteiger partial charge on any atom is 0.573 e. The fourth-order valence-electron chi connectivity index (χ4n) is 2.37. The lowest BCUT2D eigenvalue weighted by Crippen LogP contribution is -2.25. The van der Waals surface area contributed by atoms with Crippen LogP contribution in [0.25, 0.3) is 5.95 Å². The topological polar surface area (TPSA) is 107 Å². The second-order valence-electron chi connectivity index (χ2n) is 5.87. The number of nitrogens with zero attached hydrogens (tertiary/aromatic N) is 6. The molecule has 0 radical (unpaired) electrons. The second kappa shape index (κ2) is 9.26. The van der Waals surface area contributed by atoms with Crippen molar-refractivity contribution < 1.29 is 27.5 Å². The number of alkyl halides is 3. The van der Waals surface area contributed by atoms with Gasteiger partial charge in [-0.05, 0) is 24.3 Å². The number of hydrogen-bond donors (Lipinski definition) is 1. The van der Waals surface area contributed by atoms with E-state index >= 15 is 0 Å². The summed E-state index contributed by atoms with van der Waals surface area (Å²) < 4.78 is 42.9. The molecule has 14 heteroatoms. The molecule has 0 saturated carbocycles. The Balaban J connectivity index is 1.82. The van der Waals surface area contributed by atoms with Crippen molar-refractivity contribution in [2.75, 3.05) is 19.2 Å². The van der Waals surface area contributed by atoms with Crippen LogP contribution < -0.4 is 15.1 Å². The number of anilines is 1. The molecule has 0 aliphatic carbocycles. The van der Waals surface area contributed by atoms with Gasteiger partial charge in [-0.3, -0.25) is 9.63 Å². The Labute approximate surface area is 182 Å². The molecular weight excluding hydrogens is 487 g/mol. The number of carbonyl (C=O) groups excluding carboxylic acids is 1. The molecule has 1 amide bonds.